The number of carbonyl (C=O) groups excluding carboxylic acids is 1. The molecule has 8 heteroatoms. The first kappa shape index (κ1) is 22.7. The van der Waals surface area contributed by atoms with E-state index in [0.717, 1.165) is 44.3 Å². The van der Waals surface area contributed by atoms with Gasteiger partial charge >= 0.3 is 7.12 Å². The van der Waals surface area contributed by atoms with Crippen molar-refractivity contribution in [2.45, 2.75) is 89.4 Å². The van der Waals surface area contributed by atoms with Crippen LogP contribution in [-0.2, 0) is 9.31 Å². The summed E-state index contributed by atoms with van der Waals surface area (Å²) in [7, 11) is -0.553. The van der Waals surface area contributed by atoms with E-state index < -0.39 is 18.3 Å². The third-order valence-electron chi connectivity index (χ3n) is 10.0. The van der Waals surface area contributed by atoms with Crippen LogP contribution in [0.25, 0.3) is 5.65 Å². The second-order valence-electron chi connectivity index (χ2n) is 12.7. The summed E-state index contributed by atoms with van der Waals surface area (Å²) in [6.45, 7) is 11.3. The maximum atomic E-state index is 14.1. The highest BCUT2D eigenvalue weighted by Crippen LogP contribution is 2.62. The van der Waals surface area contributed by atoms with E-state index >= 15 is 0 Å². The van der Waals surface area contributed by atoms with E-state index in [1.165, 1.54) is 0 Å². The van der Waals surface area contributed by atoms with Crippen molar-refractivity contribution in [2.24, 2.45) is 11.3 Å². The Morgan fingerprint density at radius 3 is 2.42 bits per heavy atom. The van der Waals surface area contributed by atoms with Crippen LogP contribution in [0.5, 0.6) is 0 Å². The van der Waals surface area contributed by atoms with Crippen LogP contribution in [0.1, 0.15) is 88.8 Å². The molecule has 2 unspecified atom stereocenters. The first-order valence-corrected chi connectivity index (χ1v) is 13.5. The zero-order valence-corrected chi connectivity index (χ0v) is 22.0. The molecule has 0 N–H and O–H groups in total. The van der Waals surface area contributed by atoms with Gasteiger partial charge in [-0.3, -0.25) is 4.79 Å². The Bertz CT molecular complexity index is 1320. The molecule has 1 spiro atoms. The molecular weight excluding hydrogens is 451 g/mol. The van der Waals surface area contributed by atoms with Crippen LogP contribution in [0.3, 0.4) is 0 Å². The minimum Gasteiger partial charge on any atom is -0.398 e. The number of nitrogens with zero attached hydrogens (tertiary/aromatic N) is 4. The number of likely N-dealkylation sites (tertiary alicyclic amines) is 1. The Labute approximate surface area is 213 Å². The lowest BCUT2D eigenvalue weighted by atomic mass is 9.63. The molecule has 7 nitrogen and oxygen atoms in total. The molecule has 2 aliphatic heterocycles. The molecule has 0 aromatic carbocycles. The normalized spacial score (nSPS) is 31.3. The van der Waals surface area contributed by atoms with Crippen molar-refractivity contribution in [1.82, 2.24) is 19.5 Å². The molecule has 188 valence electrons. The predicted molar refractivity (Wildman–Crippen MR) is 138 cm³/mol. The molecule has 7 rings (SSSR count). The van der Waals surface area contributed by atoms with Gasteiger partial charge in [-0.1, -0.05) is 31.2 Å². The van der Waals surface area contributed by atoms with Gasteiger partial charge in [-0.2, -0.15) is 5.10 Å². The number of aromatic nitrogens is 3. The molecule has 0 radical (unpaired) electrons. The summed E-state index contributed by atoms with van der Waals surface area (Å²) in [5.74, 6) is 0.958. The highest BCUT2D eigenvalue weighted by molar-refractivity contribution is 6.61. The number of hydrogen-bond acceptors (Lipinski definition) is 5. The minimum atomic E-state index is -0.553. The largest absolute Gasteiger partial charge is 0.516 e. The first-order valence-electron chi connectivity index (χ1n) is 13.5. The van der Waals surface area contributed by atoms with Crippen molar-refractivity contribution >= 4 is 24.3 Å². The quantitative estimate of drug-likeness (QED) is 0.613. The summed E-state index contributed by atoms with van der Waals surface area (Å²) in [6.07, 6.45) is 14.3. The zero-order valence-electron chi connectivity index (χ0n) is 22.0. The summed E-state index contributed by atoms with van der Waals surface area (Å²) in [5, 5.41) is 4.87. The highest BCUT2D eigenvalue weighted by Gasteiger charge is 2.65. The molecule has 2 saturated carbocycles. The van der Waals surface area contributed by atoms with Gasteiger partial charge in [-0.15, -0.1) is 0 Å². The topological polar surface area (TPSA) is 69.0 Å². The number of piperidine rings is 1. The van der Waals surface area contributed by atoms with Crippen molar-refractivity contribution in [1.29, 1.82) is 0 Å². The second kappa shape index (κ2) is 7.10. The van der Waals surface area contributed by atoms with Crippen LogP contribution in [-0.4, -0.2) is 55.8 Å². The van der Waals surface area contributed by atoms with Gasteiger partial charge in [-0.05, 0) is 71.8 Å². The van der Waals surface area contributed by atoms with Gasteiger partial charge < -0.3 is 14.2 Å². The van der Waals surface area contributed by atoms with Crippen LogP contribution in [0, 0.1) is 11.3 Å². The lowest BCUT2D eigenvalue weighted by Crippen LogP contribution is -2.58. The van der Waals surface area contributed by atoms with Gasteiger partial charge in [0.25, 0.3) is 5.91 Å². The van der Waals surface area contributed by atoms with E-state index in [9.17, 15) is 4.79 Å². The monoisotopic (exact) mass is 486 g/mol. The third-order valence-corrected chi connectivity index (χ3v) is 10.0. The molecule has 5 aliphatic rings. The summed E-state index contributed by atoms with van der Waals surface area (Å²) in [6, 6.07) is 3.93. The van der Waals surface area contributed by atoms with Crippen LogP contribution < -0.4 is 5.59 Å². The van der Waals surface area contributed by atoms with Crippen molar-refractivity contribution in [2.75, 3.05) is 6.54 Å². The standard InChI is InChI=1S/C28H35BN4O3/c1-25(2)26(3,4)36-29(35-25)22-17-23-30-20(16-21(18-9-10-18)33(23)31-22)24(34)32-15-11-19-8-6-7-12-27(19,5)28(32)13-14-28/h6-8,12,16-19H,9-11,13-15H2,1-5H3. The molecular formula is C28H35BN4O3. The van der Waals surface area contributed by atoms with E-state index in [4.69, 9.17) is 19.4 Å². The molecule has 2 atom stereocenters. The van der Waals surface area contributed by atoms with Gasteiger partial charge in [0.15, 0.2) is 5.65 Å². The fourth-order valence-electron chi connectivity index (χ4n) is 6.68. The van der Waals surface area contributed by atoms with Crippen molar-refractivity contribution in [3.63, 3.8) is 0 Å². The highest BCUT2D eigenvalue weighted by atomic mass is 16.7. The van der Waals surface area contributed by atoms with Gasteiger partial charge in [0.1, 0.15) is 5.69 Å². The lowest BCUT2D eigenvalue weighted by molar-refractivity contribution is 0.00578. The number of carbonyl (C=O) groups is 1. The van der Waals surface area contributed by atoms with E-state index in [1.54, 1.807) is 0 Å². The Morgan fingerprint density at radius 2 is 1.75 bits per heavy atom. The van der Waals surface area contributed by atoms with Crippen LogP contribution >= 0.6 is 0 Å². The maximum absolute atomic E-state index is 14.1. The number of fused-ring (bicyclic) bond motifs is 3. The van der Waals surface area contributed by atoms with Crippen molar-refractivity contribution in [3.05, 3.63) is 47.8 Å². The van der Waals surface area contributed by atoms with E-state index in [-0.39, 0.29) is 16.9 Å². The second-order valence-corrected chi connectivity index (χ2v) is 12.7. The summed E-state index contributed by atoms with van der Waals surface area (Å²) >= 11 is 0. The molecule has 0 bridgehead atoms. The average molecular weight is 486 g/mol. The summed E-state index contributed by atoms with van der Waals surface area (Å²) < 4.78 is 14.4. The molecule has 2 saturated heterocycles. The fraction of sp³-hybridized carbons (Fsp3) is 0.607. The predicted octanol–water partition coefficient (Wildman–Crippen LogP) is 4.03. The van der Waals surface area contributed by atoms with Crippen LogP contribution in [0.15, 0.2) is 36.4 Å². The Balaban J connectivity index is 1.26. The third kappa shape index (κ3) is 3.03. The summed E-state index contributed by atoms with van der Waals surface area (Å²) in [4.78, 5) is 21.1. The molecule has 4 heterocycles. The average Bonchev–Trinajstić information content (AvgIpc) is 3.74. The maximum Gasteiger partial charge on any atom is 0.516 e. The lowest BCUT2D eigenvalue weighted by Gasteiger charge is -2.52. The van der Waals surface area contributed by atoms with E-state index in [1.807, 2.05) is 44.3 Å². The first-order chi connectivity index (χ1) is 17.0. The van der Waals surface area contributed by atoms with Crippen LogP contribution in [0.2, 0.25) is 0 Å². The molecule has 36 heavy (non-hydrogen) atoms. The smallest absolute Gasteiger partial charge is 0.398 e. The van der Waals surface area contributed by atoms with Crippen molar-refractivity contribution in [3.8, 4) is 0 Å². The Hall–Kier alpha value is -2.45. The summed E-state index contributed by atoms with van der Waals surface area (Å²) in [5.41, 5.74) is 2.01. The molecule has 3 aliphatic carbocycles. The molecule has 2 aromatic rings. The Kier molecular flexibility index (Phi) is 4.48. The number of allylic oxidation sites excluding steroid dienone is 3. The zero-order chi connectivity index (χ0) is 25.1. The van der Waals surface area contributed by atoms with Gasteiger partial charge in [0.2, 0.25) is 0 Å². The SMILES string of the molecule is CC1(C)OB(c2cc3nc(C(=O)N4CCC5C=CC=CC5(C)C45CC5)cc(C4CC4)n3n2)OC1(C)C. The van der Waals surface area contributed by atoms with Gasteiger partial charge in [-0.25, -0.2) is 9.50 Å². The van der Waals surface area contributed by atoms with Crippen molar-refractivity contribution < 1.29 is 14.1 Å². The Morgan fingerprint density at radius 1 is 1.03 bits per heavy atom. The molecule has 2 aromatic heterocycles. The fourth-order valence-corrected chi connectivity index (χ4v) is 6.68. The van der Waals surface area contributed by atoms with Gasteiger partial charge in [0, 0.05) is 29.6 Å². The number of amides is 1. The minimum absolute atomic E-state index is 0.0143. The number of rotatable bonds is 3. The van der Waals surface area contributed by atoms with Gasteiger partial charge in [0.05, 0.1) is 22.3 Å². The molecule has 4 fully saturated rings. The molecule has 1 amide bonds. The van der Waals surface area contributed by atoms with E-state index in [0.29, 0.717) is 28.8 Å². The van der Waals surface area contributed by atoms with E-state index in [2.05, 4.69) is 36.1 Å². The number of hydrogen-bond donors (Lipinski definition) is 0. The van der Waals surface area contributed by atoms with Crippen LogP contribution in [0.4, 0.5) is 0 Å².